The molecule has 2 N–H and O–H groups in total. The fourth-order valence-electron chi connectivity index (χ4n) is 1.16. The summed E-state index contributed by atoms with van der Waals surface area (Å²) < 4.78 is 26.2. The molecule has 1 atom stereocenters. The molecule has 1 rings (SSSR count). The quantitative estimate of drug-likeness (QED) is 0.759. The minimum absolute atomic E-state index is 0.0750. The van der Waals surface area contributed by atoms with Crippen molar-refractivity contribution in [1.82, 2.24) is 0 Å². The Morgan fingerprint density at radius 1 is 1.29 bits per heavy atom. The predicted octanol–water partition coefficient (Wildman–Crippen LogP) is 3.27. The first-order valence-electron chi connectivity index (χ1n) is 4.34. The van der Waals surface area contributed by atoms with Crippen molar-refractivity contribution in [2.75, 3.05) is 0 Å². The van der Waals surface area contributed by atoms with Gasteiger partial charge in [0, 0.05) is 11.6 Å². The Morgan fingerprint density at radius 2 is 1.86 bits per heavy atom. The summed E-state index contributed by atoms with van der Waals surface area (Å²) in [6.45, 7) is 3.72. The van der Waals surface area contributed by atoms with Gasteiger partial charge in [0.05, 0.1) is 0 Å². The van der Waals surface area contributed by atoms with E-state index < -0.39 is 22.7 Å². The molecule has 1 aromatic carbocycles. The third kappa shape index (κ3) is 2.04. The summed E-state index contributed by atoms with van der Waals surface area (Å²) >= 11 is 5.43. The third-order valence-electron chi connectivity index (χ3n) is 2.14. The van der Waals surface area contributed by atoms with Crippen molar-refractivity contribution in [1.29, 1.82) is 0 Å². The SMILES string of the molecule is CC(C)C(N)c1ccc(F)c(Cl)c1F. The Balaban J connectivity index is 3.17. The highest BCUT2D eigenvalue weighted by molar-refractivity contribution is 6.30. The Hall–Kier alpha value is -0.670. The first-order chi connectivity index (χ1) is 6.45. The summed E-state index contributed by atoms with van der Waals surface area (Å²) in [7, 11) is 0. The molecule has 0 aliphatic carbocycles. The van der Waals surface area contributed by atoms with Crippen molar-refractivity contribution in [2.45, 2.75) is 19.9 Å². The number of hydrogen-bond donors (Lipinski definition) is 1. The molecule has 0 spiro atoms. The van der Waals surface area contributed by atoms with Gasteiger partial charge < -0.3 is 5.73 Å². The summed E-state index contributed by atoms with van der Waals surface area (Å²) in [5.41, 5.74) is 5.99. The van der Waals surface area contributed by atoms with Gasteiger partial charge in [-0.2, -0.15) is 0 Å². The molecule has 0 fully saturated rings. The van der Waals surface area contributed by atoms with Gasteiger partial charge in [0.2, 0.25) is 0 Å². The van der Waals surface area contributed by atoms with Gasteiger partial charge in [0.15, 0.2) is 0 Å². The maximum absolute atomic E-state index is 13.4. The van der Waals surface area contributed by atoms with E-state index in [0.717, 1.165) is 6.07 Å². The van der Waals surface area contributed by atoms with Gasteiger partial charge in [-0.05, 0) is 12.0 Å². The number of nitrogens with two attached hydrogens (primary N) is 1. The van der Waals surface area contributed by atoms with E-state index in [4.69, 9.17) is 17.3 Å². The van der Waals surface area contributed by atoms with Crippen LogP contribution >= 0.6 is 11.6 Å². The third-order valence-corrected chi connectivity index (χ3v) is 2.49. The summed E-state index contributed by atoms with van der Waals surface area (Å²) in [6, 6.07) is 2.00. The maximum atomic E-state index is 13.4. The Morgan fingerprint density at radius 3 is 2.36 bits per heavy atom. The molecule has 0 aromatic heterocycles. The fraction of sp³-hybridized carbons (Fsp3) is 0.400. The van der Waals surface area contributed by atoms with Crippen LogP contribution in [0.2, 0.25) is 5.02 Å². The van der Waals surface area contributed by atoms with Crippen molar-refractivity contribution >= 4 is 11.6 Å². The Kier molecular flexibility index (Phi) is 3.45. The number of benzene rings is 1. The zero-order valence-electron chi connectivity index (χ0n) is 8.02. The minimum atomic E-state index is -0.760. The molecule has 0 amide bonds. The zero-order chi connectivity index (χ0) is 10.9. The molecule has 0 aliphatic heterocycles. The molecule has 4 heteroatoms. The van der Waals surface area contributed by atoms with Crippen LogP contribution in [0.5, 0.6) is 0 Å². The van der Waals surface area contributed by atoms with Gasteiger partial charge in [-0.3, -0.25) is 0 Å². The molecule has 1 unspecified atom stereocenters. The van der Waals surface area contributed by atoms with Crippen LogP contribution in [0.3, 0.4) is 0 Å². The highest BCUT2D eigenvalue weighted by Crippen LogP contribution is 2.28. The van der Waals surface area contributed by atoms with Crippen LogP contribution in [-0.4, -0.2) is 0 Å². The lowest BCUT2D eigenvalue weighted by molar-refractivity contribution is 0.480. The van der Waals surface area contributed by atoms with Crippen LogP contribution in [0, 0.1) is 17.6 Å². The number of rotatable bonds is 2. The van der Waals surface area contributed by atoms with Gasteiger partial charge in [0.1, 0.15) is 16.7 Å². The second kappa shape index (κ2) is 4.24. The molecular formula is C10H12ClF2N. The molecule has 0 saturated carbocycles. The topological polar surface area (TPSA) is 26.0 Å². The molecule has 1 nitrogen and oxygen atoms in total. The van der Waals surface area contributed by atoms with E-state index in [1.54, 1.807) is 0 Å². The van der Waals surface area contributed by atoms with E-state index in [9.17, 15) is 8.78 Å². The average Bonchev–Trinajstić information content (AvgIpc) is 2.13. The summed E-state index contributed by atoms with van der Waals surface area (Å²) in [6.07, 6.45) is 0. The molecule has 0 aliphatic rings. The van der Waals surface area contributed by atoms with Crippen LogP contribution in [0.15, 0.2) is 12.1 Å². The van der Waals surface area contributed by atoms with Crippen LogP contribution in [0.25, 0.3) is 0 Å². The lowest BCUT2D eigenvalue weighted by atomic mass is 9.96. The normalized spacial score (nSPS) is 13.4. The van der Waals surface area contributed by atoms with Gasteiger partial charge in [-0.1, -0.05) is 31.5 Å². The van der Waals surface area contributed by atoms with Crippen LogP contribution in [-0.2, 0) is 0 Å². The Bertz CT molecular complexity index is 339. The van der Waals surface area contributed by atoms with E-state index in [1.807, 2.05) is 13.8 Å². The average molecular weight is 220 g/mol. The molecule has 1 aromatic rings. The van der Waals surface area contributed by atoms with Crippen LogP contribution in [0.4, 0.5) is 8.78 Å². The minimum Gasteiger partial charge on any atom is -0.324 e. The fourth-order valence-corrected chi connectivity index (χ4v) is 1.33. The second-order valence-electron chi connectivity index (χ2n) is 3.53. The highest BCUT2D eigenvalue weighted by atomic mass is 35.5. The van der Waals surface area contributed by atoms with E-state index in [0.29, 0.717) is 0 Å². The summed E-state index contributed by atoms with van der Waals surface area (Å²) in [5, 5.41) is -0.487. The van der Waals surface area contributed by atoms with Crippen LogP contribution in [0.1, 0.15) is 25.5 Å². The lowest BCUT2D eigenvalue weighted by Crippen LogP contribution is -2.18. The molecule has 0 saturated heterocycles. The van der Waals surface area contributed by atoms with Crippen molar-refractivity contribution in [3.05, 3.63) is 34.4 Å². The van der Waals surface area contributed by atoms with Gasteiger partial charge in [0.25, 0.3) is 0 Å². The molecule has 78 valence electrons. The molecule has 0 radical (unpaired) electrons. The van der Waals surface area contributed by atoms with Crippen molar-refractivity contribution < 1.29 is 8.78 Å². The van der Waals surface area contributed by atoms with Gasteiger partial charge in [-0.25, -0.2) is 8.78 Å². The summed E-state index contributed by atoms with van der Waals surface area (Å²) in [4.78, 5) is 0. The van der Waals surface area contributed by atoms with E-state index in [2.05, 4.69) is 0 Å². The first kappa shape index (κ1) is 11.4. The number of hydrogen-bond acceptors (Lipinski definition) is 1. The zero-order valence-corrected chi connectivity index (χ0v) is 8.78. The Labute approximate surface area is 86.9 Å². The highest BCUT2D eigenvalue weighted by Gasteiger charge is 2.18. The van der Waals surface area contributed by atoms with Crippen molar-refractivity contribution in [3.63, 3.8) is 0 Å². The first-order valence-corrected chi connectivity index (χ1v) is 4.72. The standard InChI is InChI=1S/C10H12ClF2N/c1-5(2)10(14)6-3-4-7(12)8(11)9(6)13/h3-5,10H,14H2,1-2H3. The van der Waals surface area contributed by atoms with E-state index >= 15 is 0 Å². The van der Waals surface area contributed by atoms with Crippen LogP contribution < -0.4 is 5.73 Å². The lowest BCUT2D eigenvalue weighted by Gasteiger charge is -2.17. The molecular weight excluding hydrogens is 208 g/mol. The smallest absolute Gasteiger partial charge is 0.149 e. The maximum Gasteiger partial charge on any atom is 0.149 e. The monoisotopic (exact) mass is 219 g/mol. The van der Waals surface area contributed by atoms with Crippen molar-refractivity contribution in [3.8, 4) is 0 Å². The van der Waals surface area contributed by atoms with E-state index in [1.165, 1.54) is 6.07 Å². The number of halogens is 3. The largest absolute Gasteiger partial charge is 0.324 e. The molecule has 0 bridgehead atoms. The van der Waals surface area contributed by atoms with Gasteiger partial charge in [-0.15, -0.1) is 0 Å². The summed E-state index contributed by atoms with van der Waals surface area (Å²) in [5.74, 6) is -1.44. The second-order valence-corrected chi connectivity index (χ2v) is 3.91. The predicted molar refractivity (Wildman–Crippen MR) is 53.1 cm³/mol. The van der Waals surface area contributed by atoms with Gasteiger partial charge >= 0.3 is 0 Å². The van der Waals surface area contributed by atoms with Crippen molar-refractivity contribution in [2.24, 2.45) is 11.7 Å². The molecule has 14 heavy (non-hydrogen) atoms. The molecule has 0 heterocycles. The van der Waals surface area contributed by atoms with E-state index in [-0.39, 0.29) is 11.5 Å².